The summed E-state index contributed by atoms with van der Waals surface area (Å²) in [5.74, 6) is 1.51. The van der Waals surface area contributed by atoms with Gasteiger partial charge in [0.15, 0.2) is 0 Å². The predicted octanol–water partition coefficient (Wildman–Crippen LogP) is 7.84. The lowest BCUT2D eigenvalue weighted by Gasteiger charge is -2.29. The summed E-state index contributed by atoms with van der Waals surface area (Å²) in [6.07, 6.45) is 3.33. The molecule has 4 atom stereocenters. The molecule has 0 saturated heterocycles. The molecule has 4 aromatic carbocycles. The lowest BCUT2D eigenvalue weighted by Crippen LogP contribution is -2.34. The fourth-order valence-electron chi connectivity index (χ4n) is 4.43. The van der Waals surface area contributed by atoms with Gasteiger partial charge in [-0.25, -0.2) is 0 Å². The van der Waals surface area contributed by atoms with Crippen LogP contribution in [0.25, 0.3) is 0 Å². The molecule has 0 fully saturated rings. The molecule has 0 N–H and O–H groups in total. The zero-order valence-electron chi connectivity index (χ0n) is 21.1. The van der Waals surface area contributed by atoms with E-state index < -0.39 is 0 Å². The summed E-state index contributed by atoms with van der Waals surface area (Å²) < 4.78 is 19.2. The van der Waals surface area contributed by atoms with Gasteiger partial charge in [0.1, 0.15) is 23.7 Å². The molecule has 0 heterocycles. The van der Waals surface area contributed by atoms with E-state index in [0.717, 1.165) is 22.6 Å². The molecule has 4 unspecified atom stereocenters. The van der Waals surface area contributed by atoms with E-state index in [1.54, 1.807) is 0 Å². The molecule has 3 heteroatoms. The summed E-state index contributed by atoms with van der Waals surface area (Å²) in [7, 11) is 0. The van der Waals surface area contributed by atoms with E-state index in [9.17, 15) is 0 Å². The van der Waals surface area contributed by atoms with E-state index in [1.165, 1.54) is 0 Å². The quantitative estimate of drug-likeness (QED) is 0.169. The highest BCUT2D eigenvalue weighted by atomic mass is 16.6. The van der Waals surface area contributed by atoms with Crippen LogP contribution < -0.4 is 9.47 Å². The first kappa shape index (κ1) is 26.0. The van der Waals surface area contributed by atoms with E-state index in [1.807, 2.05) is 109 Å². The normalized spacial score (nSPS) is 14.1. The summed E-state index contributed by atoms with van der Waals surface area (Å²) in [4.78, 5) is 0. The number of rotatable bonds is 14. The van der Waals surface area contributed by atoms with Crippen molar-refractivity contribution in [2.75, 3.05) is 13.2 Å². The highest BCUT2D eigenvalue weighted by molar-refractivity contribution is 5.29. The molecule has 3 nitrogen and oxygen atoms in total. The summed E-state index contributed by atoms with van der Waals surface area (Å²) in [5, 5.41) is 0. The molecule has 37 heavy (non-hydrogen) atoms. The van der Waals surface area contributed by atoms with Crippen molar-refractivity contribution in [2.45, 2.75) is 24.0 Å². The van der Waals surface area contributed by atoms with Crippen LogP contribution in [-0.4, -0.2) is 25.4 Å². The van der Waals surface area contributed by atoms with E-state index in [-0.39, 0.29) is 24.0 Å². The predicted molar refractivity (Wildman–Crippen MR) is 151 cm³/mol. The van der Waals surface area contributed by atoms with Crippen LogP contribution in [0.5, 0.6) is 11.5 Å². The van der Waals surface area contributed by atoms with Crippen LogP contribution in [0.1, 0.15) is 23.0 Å². The van der Waals surface area contributed by atoms with Gasteiger partial charge in [0.2, 0.25) is 0 Å². The zero-order valence-corrected chi connectivity index (χ0v) is 21.1. The third kappa shape index (κ3) is 7.45. The van der Waals surface area contributed by atoms with Crippen LogP contribution in [0.2, 0.25) is 0 Å². The minimum Gasteiger partial charge on any atom is -0.487 e. The monoisotopic (exact) mass is 490 g/mol. The Kier molecular flexibility index (Phi) is 9.74. The van der Waals surface area contributed by atoms with Crippen LogP contribution in [0, 0.1) is 0 Å². The molecule has 0 saturated carbocycles. The van der Waals surface area contributed by atoms with Crippen molar-refractivity contribution in [1.82, 2.24) is 0 Å². The van der Waals surface area contributed by atoms with E-state index >= 15 is 0 Å². The van der Waals surface area contributed by atoms with Crippen LogP contribution in [0.15, 0.2) is 147 Å². The molecule has 0 radical (unpaired) electrons. The third-order valence-corrected chi connectivity index (χ3v) is 6.30. The molecule has 0 aliphatic carbocycles. The zero-order chi connectivity index (χ0) is 25.7. The maximum absolute atomic E-state index is 6.44. The van der Waals surface area contributed by atoms with Gasteiger partial charge in [0.05, 0.1) is 13.2 Å². The van der Waals surface area contributed by atoms with E-state index in [0.29, 0.717) is 13.2 Å². The molecule has 0 bridgehead atoms. The van der Waals surface area contributed by atoms with Gasteiger partial charge in [0, 0.05) is 11.8 Å². The van der Waals surface area contributed by atoms with Crippen molar-refractivity contribution in [2.24, 2.45) is 0 Å². The molecule has 4 rings (SSSR count). The van der Waals surface area contributed by atoms with E-state index in [2.05, 4.69) is 37.4 Å². The van der Waals surface area contributed by atoms with Gasteiger partial charge in [-0.1, -0.05) is 109 Å². The highest BCUT2D eigenvalue weighted by Crippen LogP contribution is 2.28. The van der Waals surface area contributed by atoms with Crippen molar-refractivity contribution < 1.29 is 14.2 Å². The number of ether oxygens (including phenoxy) is 3. The van der Waals surface area contributed by atoms with Gasteiger partial charge in [-0.3, -0.25) is 0 Å². The first-order valence-electron chi connectivity index (χ1n) is 12.6. The average Bonchev–Trinajstić information content (AvgIpc) is 2.96. The minimum absolute atomic E-state index is 0.0424. The Balaban J connectivity index is 1.53. The van der Waals surface area contributed by atoms with Crippen molar-refractivity contribution in [3.63, 3.8) is 0 Å². The third-order valence-electron chi connectivity index (χ3n) is 6.30. The van der Waals surface area contributed by atoms with Gasteiger partial charge in [0.25, 0.3) is 0 Å². The van der Waals surface area contributed by atoms with Crippen molar-refractivity contribution in [3.05, 3.63) is 158 Å². The van der Waals surface area contributed by atoms with Crippen molar-refractivity contribution in [1.29, 1.82) is 0 Å². The maximum atomic E-state index is 6.44. The minimum atomic E-state index is -0.265. The highest BCUT2D eigenvalue weighted by Gasteiger charge is 2.26. The molecular formula is C34H34O3. The van der Waals surface area contributed by atoms with Crippen LogP contribution in [0.3, 0.4) is 0 Å². The fourth-order valence-corrected chi connectivity index (χ4v) is 4.43. The molecule has 0 aliphatic rings. The summed E-state index contributed by atoms with van der Waals surface area (Å²) in [6, 6.07) is 40.2. The van der Waals surface area contributed by atoms with Gasteiger partial charge < -0.3 is 14.2 Å². The molecule has 188 valence electrons. The van der Waals surface area contributed by atoms with Crippen LogP contribution in [0.4, 0.5) is 0 Å². The molecular weight excluding hydrogens is 456 g/mol. The summed E-state index contributed by atoms with van der Waals surface area (Å²) in [6.45, 7) is 8.95. The first-order chi connectivity index (χ1) is 18.3. The van der Waals surface area contributed by atoms with Gasteiger partial charge in [-0.05, 0) is 35.4 Å². The number of para-hydroxylation sites is 2. The smallest absolute Gasteiger partial charge is 0.132 e. The first-order valence-corrected chi connectivity index (χ1v) is 12.6. The molecule has 0 spiro atoms. The molecule has 0 amide bonds. The largest absolute Gasteiger partial charge is 0.487 e. The van der Waals surface area contributed by atoms with Gasteiger partial charge in [-0.2, -0.15) is 0 Å². The summed E-state index contributed by atoms with van der Waals surface area (Å²) >= 11 is 0. The Bertz CT molecular complexity index is 1100. The maximum Gasteiger partial charge on any atom is 0.132 e. The summed E-state index contributed by atoms with van der Waals surface area (Å²) in [5.41, 5.74) is 2.26. The van der Waals surface area contributed by atoms with Crippen molar-refractivity contribution in [3.8, 4) is 11.5 Å². The number of hydrogen-bond acceptors (Lipinski definition) is 3. The Morgan fingerprint density at radius 2 is 0.811 bits per heavy atom. The Morgan fingerprint density at radius 3 is 1.14 bits per heavy atom. The molecule has 4 aromatic rings. The second-order valence-electron chi connectivity index (χ2n) is 8.82. The topological polar surface area (TPSA) is 27.7 Å². The average molecular weight is 491 g/mol. The van der Waals surface area contributed by atoms with Crippen LogP contribution >= 0.6 is 0 Å². The second-order valence-corrected chi connectivity index (χ2v) is 8.82. The van der Waals surface area contributed by atoms with E-state index in [4.69, 9.17) is 14.2 Å². The van der Waals surface area contributed by atoms with Crippen molar-refractivity contribution >= 4 is 0 Å². The Hall–Kier alpha value is -4.08. The fraction of sp³-hybridized carbons (Fsp3) is 0.176. The lowest BCUT2D eigenvalue weighted by molar-refractivity contribution is 0.000617. The van der Waals surface area contributed by atoms with Gasteiger partial charge >= 0.3 is 0 Å². The number of benzene rings is 4. The molecule has 0 aliphatic heterocycles. The lowest BCUT2D eigenvalue weighted by atomic mass is 9.93. The number of hydrogen-bond donors (Lipinski definition) is 0. The van der Waals surface area contributed by atoms with Gasteiger partial charge in [-0.15, -0.1) is 13.2 Å². The standard InChI is InChI=1S/C34H34O3/c1-3-31(27-17-9-5-10-18-27)33(36-29-21-13-7-14-22-29)25-35-26-34(37-30-23-15-8-16-24-30)32(4-2)28-19-11-6-12-20-28/h3-24,31-34H,1-2,25-26H2. The SMILES string of the molecule is C=CC(c1ccccc1)C(COCC(Oc1ccccc1)C(C=C)c1ccccc1)Oc1ccccc1. The van der Waals surface area contributed by atoms with Crippen LogP contribution in [-0.2, 0) is 4.74 Å². The molecule has 0 aromatic heterocycles. The Labute approximate surface area is 220 Å². The Morgan fingerprint density at radius 1 is 0.486 bits per heavy atom. The second kappa shape index (κ2) is 13.9.